The van der Waals surface area contributed by atoms with Gasteiger partial charge in [-0.3, -0.25) is 19.2 Å². The van der Waals surface area contributed by atoms with Crippen molar-refractivity contribution in [1.82, 2.24) is 5.48 Å². The van der Waals surface area contributed by atoms with E-state index in [2.05, 4.69) is 19.3 Å². The number of aliphatic carboxylic acids is 1. The maximum Gasteiger partial charge on any atom is 0.338 e. The molecule has 1 atom stereocenters. The number of carboxylic acids is 1. The topological polar surface area (TPSA) is 128 Å². The average molecular weight is 604 g/mol. The standard InChI is InChI=1S/C35H41NO8/c1-23(2)29-12-7-27(8-13-29)22-43-36-32(37)18-11-28(20-33(38)39)19-25-5-14-30(15-6-25)35(41)42-21-26-9-16-31(17-10-26)44-34(40)24(3)4/h5-10,12-17,23-24,28H,11,18-22H2,1-4H3,(H,36,37)(H,38,39). The maximum absolute atomic E-state index is 12.6. The minimum Gasteiger partial charge on any atom is -0.481 e. The Morgan fingerprint density at radius 1 is 0.773 bits per heavy atom. The van der Waals surface area contributed by atoms with Gasteiger partial charge >= 0.3 is 17.9 Å². The molecule has 234 valence electrons. The van der Waals surface area contributed by atoms with E-state index in [1.54, 1.807) is 62.4 Å². The molecule has 1 unspecified atom stereocenters. The van der Waals surface area contributed by atoms with E-state index in [0.29, 0.717) is 30.1 Å². The molecule has 0 heterocycles. The molecular formula is C35H41NO8. The van der Waals surface area contributed by atoms with Crippen molar-refractivity contribution in [3.63, 3.8) is 0 Å². The lowest BCUT2D eigenvalue weighted by atomic mass is 9.91. The summed E-state index contributed by atoms with van der Waals surface area (Å²) in [6.07, 6.45) is 0.834. The van der Waals surface area contributed by atoms with Crippen molar-refractivity contribution < 1.29 is 38.6 Å². The third kappa shape index (κ3) is 11.6. The molecule has 3 rings (SSSR count). The van der Waals surface area contributed by atoms with E-state index < -0.39 is 11.9 Å². The normalized spacial score (nSPS) is 11.7. The van der Waals surface area contributed by atoms with Gasteiger partial charge in [0.2, 0.25) is 5.91 Å². The number of carbonyl (C=O) groups excluding carboxylic acids is 3. The lowest BCUT2D eigenvalue weighted by Crippen LogP contribution is -2.24. The summed E-state index contributed by atoms with van der Waals surface area (Å²) >= 11 is 0. The molecular weight excluding hydrogens is 562 g/mol. The summed E-state index contributed by atoms with van der Waals surface area (Å²) in [5.41, 5.74) is 6.55. The van der Waals surface area contributed by atoms with Crippen molar-refractivity contribution in [2.75, 3.05) is 0 Å². The molecule has 0 bridgehead atoms. The molecule has 0 spiro atoms. The van der Waals surface area contributed by atoms with Crippen LogP contribution >= 0.6 is 0 Å². The third-order valence-electron chi connectivity index (χ3n) is 7.01. The molecule has 0 radical (unpaired) electrons. The summed E-state index contributed by atoms with van der Waals surface area (Å²) in [5.74, 6) is -1.73. The first-order valence-corrected chi connectivity index (χ1v) is 14.8. The minimum absolute atomic E-state index is 0.0515. The van der Waals surface area contributed by atoms with Gasteiger partial charge in [0.25, 0.3) is 0 Å². The minimum atomic E-state index is -0.942. The van der Waals surface area contributed by atoms with Crippen molar-refractivity contribution in [2.24, 2.45) is 11.8 Å². The first-order chi connectivity index (χ1) is 21.0. The average Bonchev–Trinajstić information content (AvgIpc) is 2.99. The van der Waals surface area contributed by atoms with Crippen LogP contribution in [-0.2, 0) is 43.6 Å². The second-order valence-corrected chi connectivity index (χ2v) is 11.4. The fourth-order valence-electron chi connectivity index (χ4n) is 4.34. The predicted molar refractivity (Wildman–Crippen MR) is 165 cm³/mol. The van der Waals surface area contributed by atoms with Crippen LogP contribution in [0.1, 0.15) is 85.5 Å². The number of carboxylic acid groups (broad SMARTS) is 1. The van der Waals surface area contributed by atoms with Gasteiger partial charge in [-0.25, -0.2) is 10.3 Å². The summed E-state index contributed by atoms with van der Waals surface area (Å²) in [6.45, 7) is 8.04. The number of ether oxygens (including phenoxy) is 2. The predicted octanol–water partition coefficient (Wildman–Crippen LogP) is 6.39. The highest BCUT2D eigenvalue weighted by molar-refractivity contribution is 5.89. The number of hydrogen-bond acceptors (Lipinski definition) is 7. The number of carbonyl (C=O) groups is 4. The molecule has 0 aromatic heterocycles. The molecule has 0 saturated carbocycles. The fourth-order valence-corrected chi connectivity index (χ4v) is 4.34. The van der Waals surface area contributed by atoms with Crippen LogP contribution in [0.2, 0.25) is 0 Å². The van der Waals surface area contributed by atoms with E-state index in [4.69, 9.17) is 14.3 Å². The molecule has 2 N–H and O–H groups in total. The molecule has 9 nitrogen and oxygen atoms in total. The Bertz CT molecular complexity index is 1380. The van der Waals surface area contributed by atoms with Crippen LogP contribution in [0, 0.1) is 11.8 Å². The first-order valence-electron chi connectivity index (χ1n) is 14.8. The second kappa shape index (κ2) is 17.0. The van der Waals surface area contributed by atoms with Crippen LogP contribution in [0.15, 0.2) is 72.8 Å². The molecule has 0 saturated heterocycles. The molecule has 9 heteroatoms. The summed E-state index contributed by atoms with van der Waals surface area (Å²) in [4.78, 5) is 53.4. The Morgan fingerprint density at radius 3 is 1.95 bits per heavy atom. The lowest BCUT2D eigenvalue weighted by Gasteiger charge is -2.15. The Labute approximate surface area is 258 Å². The SMILES string of the molecule is CC(C)C(=O)Oc1ccc(COC(=O)c2ccc(CC(CCC(=O)NOCc3ccc(C(C)C)cc3)CC(=O)O)cc2)cc1. The zero-order chi connectivity index (χ0) is 32.1. The largest absolute Gasteiger partial charge is 0.481 e. The maximum atomic E-state index is 12.6. The summed E-state index contributed by atoms with van der Waals surface area (Å²) in [5, 5.41) is 9.39. The van der Waals surface area contributed by atoms with Gasteiger partial charge in [0.15, 0.2) is 0 Å². The molecule has 3 aromatic rings. The highest BCUT2D eigenvalue weighted by Gasteiger charge is 2.17. The molecule has 0 aliphatic rings. The fraction of sp³-hybridized carbons (Fsp3) is 0.371. The van der Waals surface area contributed by atoms with Gasteiger partial charge in [0, 0.05) is 12.8 Å². The van der Waals surface area contributed by atoms with Gasteiger partial charge in [-0.15, -0.1) is 0 Å². The molecule has 0 aliphatic carbocycles. The Balaban J connectivity index is 1.44. The number of rotatable bonds is 16. The van der Waals surface area contributed by atoms with E-state index in [9.17, 15) is 24.3 Å². The van der Waals surface area contributed by atoms with Crippen molar-refractivity contribution >= 4 is 23.8 Å². The highest BCUT2D eigenvalue weighted by Crippen LogP contribution is 2.20. The molecule has 1 amide bonds. The molecule has 0 aliphatic heterocycles. The van der Waals surface area contributed by atoms with E-state index in [1.165, 1.54) is 5.56 Å². The first kappa shape index (κ1) is 34.0. The number of hydrogen-bond donors (Lipinski definition) is 2. The quantitative estimate of drug-likeness (QED) is 0.110. The van der Waals surface area contributed by atoms with Crippen LogP contribution in [-0.4, -0.2) is 28.9 Å². The molecule has 0 fully saturated rings. The Morgan fingerprint density at radius 2 is 1.36 bits per heavy atom. The van der Waals surface area contributed by atoms with E-state index >= 15 is 0 Å². The van der Waals surface area contributed by atoms with E-state index in [-0.39, 0.29) is 49.8 Å². The number of hydroxylamine groups is 1. The number of esters is 2. The zero-order valence-corrected chi connectivity index (χ0v) is 25.7. The van der Waals surface area contributed by atoms with Gasteiger partial charge in [-0.05, 0) is 71.2 Å². The van der Waals surface area contributed by atoms with Gasteiger partial charge in [-0.1, -0.05) is 76.2 Å². The van der Waals surface area contributed by atoms with E-state index in [0.717, 1.165) is 16.7 Å². The second-order valence-electron chi connectivity index (χ2n) is 11.4. The Kier molecular flexibility index (Phi) is 13.1. The molecule has 3 aromatic carbocycles. The third-order valence-corrected chi connectivity index (χ3v) is 7.01. The highest BCUT2D eigenvalue weighted by atomic mass is 16.6. The van der Waals surface area contributed by atoms with Crippen LogP contribution in [0.3, 0.4) is 0 Å². The smallest absolute Gasteiger partial charge is 0.338 e. The Hall–Kier alpha value is -4.50. The zero-order valence-electron chi connectivity index (χ0n) is 25.7. The van der Waals surface area contributed by atoms with Crippen LogP contribution in [0.25, 0.3) is 0 Å². The van der Waals surface area contributed by atoms with Gasteiger partial charge in [0.05, 0.1) is 18.1 Å². The van der Waals surface area contributed by atoms with Gasteiger partial charge in [-0.2, -0.15) is 0 Å². The number of nitrogens with one attached hydrogen (secondary N) is 1. The number of amides is 1. The monoisotopic (exact) mass is 603 g/mol. The number of benzene rings is 3. The van der Waals surface area contributed by atoms with Crippen molar-refractivity contribution in [1.29, 1.82) is 0 Å². The van der Waals surface area contributed by atoms with Crippen molar-refractivity contribution in [3.8, 4) is 5.75 Å². The molecule has 44 heavy (non-hydrogen) atoms. The van der Waals surface area contributed by atoms with Gasteiger partial charge in [0.1, 0.15) is 12.4 Å². The van der Waals surface area contributed by atoms with Gasteiger partial charge < -0.3 is 14.6 Å². The summed E-state index contributed by atoms with van der Waals surface area (Å²) < 4.78 is 10.7. The van der Waals surface area contributed by atoms with Crippen molar-refractivity contribution in [2.45, 2.75) is 72.5 Å². The van der Waals surface area contributed by atoms with Crippen LogP contribution in [0.4, 0.5) is 0 Å². The summed E-state index contributed by atoms with van der Waals surface area (Å²) in [6, 6.07) is 21.5. The van der Waals surface area contributed by atoms with Crippen LogP contribution in [0.5, 0.6) is 5.75 Å². The van der Waals surface area contributed by atoms with E-state index in [1.807, 2.05) is 24.3 Å². The van der Waals surface area contributed by atoms with Crippen molar-refractivity contribution in [3.05, 3.63) is 101 Å². The van der Waals surface area contributed by atoms with Crippen LogP contribution < -0.4 is 10.2 Å². The summed E-state index contributed by atoms with van der Waals surface area (Å²) in [7, 11) is 0. The lowest BCUT2D eigenvalue weighted by molar-refractivity contribution is -0.139.